The van der Waals surface area contributed by atoms with Crippen LogP contribution in [-0.4, -0.2) is 18.3 Å². The Labute approximate surface area is 168 Å². The Kier molecular flexibility index (Phi) is 3.52. The normalized spacial score (nSPS) is 21.0. The molecule has 5 rings (SSSR count). The summed E-state index contributed by atoms with van der Waals surface area (Å²) in [5, 5.41) is 2.57. The van der Waals surface area contributed by atoms with Gasteiger partial charge in [0.2, 0.25) is 0 Å². The van der Waals surface area contributed by atoms with E-state index in [1.54, 1.807) is 0 Å². The average Bonchev–Trinajstić information content (AvgIpc) is 3.01. The fourth-order valence-corrected chi connectivity index (χ4v) is 4.74. The maximum atomic E-state index is 6.45. The molecule has 1 fully saturated rings. The first-order chi connectivity index (χ1) is 13.1. The standard InChI is InChI=1S/C25H27BO2/c1-23(2)18-12-9-13-20(26-27-24(3,4)25(5,6)28-26)22(18)21-17-11-8-7-10-16(17)14-15-19(21)23/h7-15H,1-6H3. The van der Waals surface area contributed by atoms with Gasteiger partial charge in [0, 0.05) is 5.41 Å². The SMILES string of the molecule is CC1(C)c2cccc(B3OC(C)(C)C(C)(C)O3)c2-c2c1ccc1ccccc21. The average molecular weight is 370 g/mol. The van der Waals surface area contributed by atoms with Gasteiger partial charge in [-0.25, -0.2) is 0 Å². The molecule has 2 nitrogen and oxygen atoms in total. The molecule has 0 unspecified atom stereocenters. The Bertz CT molecular complexity index is 1090. The third-order valence-electron chi connectivity index (χ3n) is 7.13. The highest BCUT2D eigenvalue weighted by atomic mass is 16.7. The molecule has 3 heteroatoms. The first-order valence-corrected chi connectivity index (χ1v) is 10.2. The van der Waals surface area contributed by atoms with Crippen molar-refractivity contribution in [3.8, 4) is 11.1 Å². The fraction of sp³-hybridized carbons (Fsp3) is 0.360. The molecule has 0 aromatic heterocycles. The van der Waals surface area contributed by atoms with Gasteiger partial charge < -0.3 is 9.31 Å². The predicted octanol–water partition coefficient (Wildman–Crippen LogP) is 5.45. The number of hydrogen-bond donors (Lipinski definition) is 0. The summed E-state index contributed by atoms with van der Waals surface area (Å²) in [4.78, 5) is 0. The summed E-state index contributed by atoms with van der Waals surface area (Å²) in [5.74, 6) is 0. The summed E-state index contributed by atoms with van der Waals surface area (Å²) < 4.78 is 12.9. The molecule has 1 aliphatic heterocycles. The second-order valence-corrected chi connectivity index (χ2v) is 9.69. The zero-order valence-electron chi connectivity index (χ0n) is 17.6. The van der Waals surface area contributed by atoms with Gasteiger partial charge in [0.05, 0.1) is 11.2 Å². The van der Waals surface area contributed by atoms with E-state index in [2.05, 4.69) is 96.1 Å². The number of hydrogen-bond acceptors (Lipinski definition) is 2. The molecule has 1 aliphatic carbocycles. The molecule has 0 N–H and O–H groups in total. The van der Waals surface area contributed by atoms with Crippen LogP contribution in [0.25, 0.3) is 21.9 Å². The monoisotopic (exact) mass is 370 g/mol. The molecule has 28 heavy (non-hydrogen) atoms. The first-order valence-electron chi connectivity index (χ1n) is 10.2. The number of fused-ring (bicyclic) bond motifs is 5. The van der Waals surface area contributed by atoms with Crippen molar-refractivity contribution in [2.75, 3.05) is 0 Å². The van der Waals surface area contributed by atoms with Crippen molar-refractivity contribution < 1.29 is 9.31 Å². The van der Waals surface area contributed by atoms with Gasteiger partial charge in [-0.05, 0) is 66.2 Å². The van der Waals surface area contributed by atoms with Gasteiger partial charge >= 0.3 is 7.12 Å². The molecule has 1 heterocycles. The minimum Gasteiger partial charge on any atom is -0.399 e. The minimum absolute atomic E-state index is 0.0473. The third kappa shape index (κ3) is 2.24. The molecule has 0 bridgehead atoms. The molecule has 0 amide bonds. The lowest BCUT2D eigenvalue weighted by Crippen LogP contribution is -2.41. The molecule has 0 spiro atoms. The Morgan fingerprint density at radius 1 is 0.643 bits per heavy atom. The lowest BCUT2D eigenvalue weighted by atomic mass is 9.73. The van der Waals surface area contributed by atoms with Gasteiger partial charge in [0.1, 0.15) is 0 Å². The Morgan fingerprint density at radius 3 is 2.00 bits per heavy atom. The van der Waals surface area contributed by atoms with E-state index in [0.29, 0.717) is 0 Å². The van der Waals surface area contributed by atoms with Gasteiger partial charge in [-0.1, -0.05) is 68.4 Å². The summed E-state index contributed by atoms with van der Waals surface area (Å²) in [7, 11) is -0.360. The molecule has 0 saturated carbocycles. The highest BCUT2D eigenvalue weighted by Crippen LogP contribution is 2.51. The van der Waals surface area contributed by atoms with Crippen LogP contribution in [0.1, 0.15) is 52.7 Å². The van der Waals surface area contributed by atoms with Gasteiger partial charge in [-0.15, -0.1) is 0 Å². The molecular formula is C25H27BO2. The maximum Gasteiger partial charge on any atom is 0.495 e. The number of benzene rings is 3. The van der Waals surface area contributed by atoms with Crippen molar-refractivity contribution in [3.63, 3.8) is 0 Å². The van der Waals surface area contributed by atoms with Crippen LogP contribution in [0.15, 0.2) is 54.6 Å². The van der Waals surface area contributed by atoms with E-state index in [4.69, 9.17) is 9.31 Å². The lowest BCUT2D eigenvalue weighted by Gasteiger charge is -2.32. The second kappa shape index (κ2) is 5.49. The third-order valence-corrected chi connectivity index (χ3v) is 7.13. The number of rotatable bonds is 1. The summed E-state index contributed by atoms with van der Waals surface area (Å²) in [5.41, 5.74) is 5.75. The minimum atomic E-state index is -0.360. The van der Waals surface area contributed by atoms with E-state index in [1.165, 1.54) is 33.0 Å². The first kappa shape index (κ1) is 18.0. The van der Waals surface area contributed by atoms with Crippen LogP contribution in [-0.2, 0) is 14.7 Å². The van der Waals surface area contributed by atoms with Crippen LogP contribution in [0.5, 0.6) is 0 Å². The largest absolute Gasteiger partial charge is 0.495 e. The van der Waals surface area contributed by atoms with Gasteiger partial charge in [-0.2, -0.15) is 0 Å². The van der Waals surface area contributed by atoms with Crippen LogP contribution in [0, 0.1) is 0 Å². The molecule has 3 aromatic rings. The van der Waals surface area contributed by atoms with Crippen molar-refractivity contribution >= 4 is 23.4 Å². The van der Waals surface area contributed by atoms with Crippen molar-refractivity contribution in [2.24, 2.45) is 0 Å². The van der Waals surface area contributed by atoms with Gasteiger partial charge in [0.25, 0.3) is 0 Å². The highest BCUT2D eigenvalue weighted by molar-refractivity contribution is 6.64. The Hall–Kier alpha value is -2.10. The maximum absolute atomic E-state index is 6.45. The van der Waals surface area contributed by atoms with Crippen molar-refractivity contribution in [2.45, 2.75) is 58.2 Å². The van der Waals surface area contributed by atoms with E-state index in [1.807, 2.05) is 0 Å². The molecule has 0 atom stereocenters. The molecule has 142 valence electrons. The van der Waals surface area contributed by atoms with Crippen molar-refractivity contribution in [3.05, 3.63) is 65.7 Å². The van der Waals surface area contributed by atoms with Crippen LogP contribution in [0.4, 0.5) is 0 Å². The quantitative estimate of drug-likeness (QED) is 0.531. The molecule has 2 aliphatic rings. The zero-order chi connectivity index (χ0) is 19.9. The van der Waals surface area contributed by atoms with Crippen LogP contribution >= 0.6 is 0 Å². The molecular weight excluding hydrogens is 343 g/mol. The van der Waals surface area contributed by atoms with Crippen LogP contribution in [0.2, 0.25) is 0 Å². The van der Waals surface area contributed by atoms with Gasteiger partial charge in [0.15, 0.2) is 0 Å². The van der Waals surface area contributed by atoms with E-state index < -0.39 is 0 Å². The lowest BCUT2D eigenvalue weighted by molar-refractivity contribution is 0.00578. The molecule has 1 saturated heterocycles. The summed E-state index contributed by atoms with van der Waals surface area (Å²) >= 11 is 0. The Balaban J connectivity index is 1.80. The fourth-order valence-electron chi connectivity index (χ4n) is 4.74. The van der Waals surface area contributed by atoms with E-state index in [-0.39, 0.29) is 23.7 Å². The topological polar surface area (TPSA) is 18.5 Å². The summed E-state index contributed by atoms with van der Waals surface area (Å²) in [6, 6.07) is 19.8. The van der Waals surface area contributed by atoms with E-state index in [9.17, 15) is 0 Å². The van der Waals surface area contributed by atoms with Crippen molar-refractivity contribution in [1.29, 1.82) is 0 Å². The predicted molar refractivity (Wildman–Crippen MR) is 117 cm³/mol. The van der Waals surface area contributed by atoms with E-state index in [0.717, 1.165) is 5.46 Å². The summed E-state index contributed by atoms with van der Waals surface area (Å²) in [6.07, 6.45) is 0. The second-order valence-electron chi connectivity index (χ2n) is 9.69. The zero-order valence-corrected chi connectivity index (χ0v) is 17.6. The van der Waals surface area contributed by atoms with Crippen LogP contribution in [0.3, 0.4) is 0 Å². The van der Waals surface area contributed by atoms with Crippen LogP contribution < -0.4 is 5.46 Å². The smallest absolute Gasteiger partial charge is 0.399 e. The van der Waals surface area contributed by atoms with E-state index >= 15 is 0 Å². The highest BCUT2D eigenvalue weighted by Gasteiger charge is 2.53. The van der Waals surface area contributed by atoms with Gasteiger partial charge in [-0.3, -0.25) is 0 Å². The van der Waals surface area contributed by atoms with Crippen molar-refractivity contribution in [1.82, 2.24) is 0 Å². The Morgan fingerprint density at radius 2 is 1.29 bits per heavy atom. The summed E-state index contributed by atoms with van der Waals surface area (Å²) in [6.45, 7) is 13.1. The molecule has 3 aromatic carbocycles. The molecule has 0 radical (unpaired) electrons.